The van der Waals surface area contributed by atoms with Crippen molar-refractivity contribution >= 4 is 35.1 Å². The second kappa shape index (κ2) is 9.07. The summed E-state index contributed by atoms with van der Waals surface area (Å²) in [4.78, 5) is 16.8. The van der Waals surface area contributed by atoms with Crippen LogP contribution in [-0.2, 0) is 16.1 Å². The minimum atomic E-state index is -0.189. The van der Waals surface area contributed by atoms with Gasteiger partial charge in [0.15, 0.2) is 0 Å². The Balaban J connectivity index is 1.52. The normalized spacial score (nSPS) is 16.1. The molecule has 4 rings (SSSR count). The molecule has 3 aromatic rings. The van der Waals surface area contributed by atoms with Crippen molar-refractivity contribution in [3.05, 3.63) is 29.3 Å². The van der Waals surface area contributed by atoms with E-state index in [1.807, 2.05) is 6.26 Å². The molecule has 1 fully saturated rings. The van der Waals surface area contributed by atoms with E-state index in [0.717, 1.165) is 25.0 Å². The van der Waals surface area contributed by atoms with Crippen molar-refractivity contribution in [2.45, 2.75) is 30.5 Å². The zero-order valence-electron chi connectivity index (χ0n) is 16.3. The number of aromatic nitrogens is 4. The van der Waals surface area contributed by atoms with Gasteiger partial charge < -0.3 is 20.3 Å². The number of amides is 1. The Morgan fingerprint density at radius 1 is 1.40 bits per heavy atom. The molecule has 30 heavy (non-hydrogen) atoms. The lowest BCUT2D eigenvalue weighted by Gasteiger charge is -2.11. The van der Waals surface area contributed by atoms with Gasteiger partial charge in [-0.15, -0.1) is 11.8 Å². The molecule has 2 aromatic heterocycles. The topological polar surface area (TPSA) is 121 Å². The van der Waals surface area contributed by atoms with Crippen LogP contribution in [0.25, 0.3) is 22.8 Å². The molecule has 0 unspecified atom stereocenters. The van der Waals surface area contributed by atoms with E-state index in [4.69, 9.17) is 26.6 Å². The van der Waals surface area contributed by atoms with Crippen molar-refractivity contribution in [3.63, 3.8) is 0 Å². The number of rotatable bonds is 7. The Labute approximate surface area is 182 Å². The molecule has 0 bridgehead atoms. The number of carbonyl (C=O) groups excluding carboxylic acids is 1. The summed E-state index contributed by atoms with van der Waals surface area (Å²) in [5.41, 5.74) is 7.56. The maximum Gasteiger partial charge on any atom is 0.264 e. The van der Waals surface area contributed by atoms with Crippen molar-refractivity contribution < 1.29 is 14.1 Å². The molecule has 158 valence electrons. The van der Waals surface area contributed by atoms with Crippen molar-refractivity contribution in [1.29, 1.82) is 0 Å². The van der Waals surface area contributed by atoms with Gasteiger partial charge in [-0.2, -0.15) is 10.1 Å². The number of nitrogens with zero attached hydrogens (tertiary/aromatic N) is 4. The minimum absolute atomic E-state index is 0.00963. The smallest absolute Gasteiger partial charge is 0.264 e. The van der Waals surface area contributed by atoms with Crippen LogP contribution < -0.4 is 11.1 Å². The third kappa shape index (κ3) is 4.45. The fourth-order valence-corrected chi connectivity index (χ4v) is 3.88. The quantitative estimate of drug-likeness (QED) is 0.529. The van der Waals surface area contributed by atoms with E-state index < -0.39 is 0 Å². The summed E-state index contributed by atoms with van der Waals surface area (Å²) in [7, 11) is 0. The van der Waals surface area contributed by atoms with Gasteiger partial charge in [-0.05, 0) is 43.4 Å². The Kier molecular flexibility index (Phi) is 6.26. The second-order valence-electron chi connectivity index (χ2n) is 6.80. The van der Waals surface area contributed by atoms with E-state index in [2.05, 4.69) is 20.6 Å². The molecular weight excluding hydrogens is 428 g/mol. The van der Waals surface area contributed by atoms with Crippen molar-refractivity contribution in [2.75, 3.05) is 25.1 Å². The van der Waals surface area contributed by atoms with Crippen LogP contribution >= 0.6 is 23.4 Å². The largest absolute Gasteiger partial charge is 0.383 e. The highest BCUT2D eigenvalue weighted by atomic mass is 35.5. The SMILES string of the molecule is CSc1nn(CC(=O)NC[C@@H]2CCCO2)c(N)c1-c1nc(-c2ccc(Cl)cc2)no1. The van der Waals surface area contributed by atoms with Gasteiger partial charge in [0, 0.05) is 23.7 Å². The number of nitrogens with one attached hydrogen (secondary N) is 1. The van der Waals surface area contributed by atoms with E-state index in [1.54, 1.807) is 24.3 Å². The number of ether oxygens (including phenoxy) is 1. The molecule has 9 nitrogen and oxygen atoms in total. The van der Waals surface area contributed by atoms with E-state index in [1.165, 1.54) is 16.4 Å². The maximum absolute atomic E-state index is 12.3. The van der Waals surface area contributed by atoms with E-state index in [9.17, 15) is 4.79 Å². The fraction of sp³-hybridized carbons (Fsp3) is 0.368. The number of halogens is 1. The van der Waals surface area contributed by atoms with Crippen LogP contribution in [0.3, 0.4) is 0 Å². The van der Waals surface area contributed by atoms with Gasteiger partial charge in [-0.25, -0.2) is 4.68 Å². The Bertz CT molecular complexity index is 1030. The highest BCUT2D eigenvalue weighted by molar-refractivity contribution is 7.98. The van der Waals surface area contributed by atoms with Gasteiger partial charge in [-0.3, -0.25) is 4.79 Å². The highest BCUT2D eigenvalue weighted by Crippen LogP contribution is 2.34. The van der Waals surface area contributed by atoms with E-state index in [0.29, 0.717) is 28.0 Å². The number of benzene rings is 1. The van der Waals surface area contributed by atoms with Crippen LogP contribution in [0.5, 0.6) is 0 Å². The first-order valence-electron chi connectivity index (χ1n) is 9.43. The standard InChI is InChI=1S/C19H21ClN6O3S/c1-30-19-15(18-23-17(25-29-18)11-4-6-12(20)7-5-11)16(21)26(24-19)10-14(27)22-9-13-3-2-8-28-13/h4-7,13H,2-3,8-10,21H2,1H3,(H,22,27)/t13-/m0/s1. The molecule has 1 aliphatic heterocycles. The molecule has 1 amide bonds. The molecule has 1 aliphatic rings. The molecule has 11 heteroatoms. The lowest BCUT2D eigenvalue weighted by molar-refractivity contribution is -0.122. The Morgan fingerprint density at radius 2 is 2.20 bits per heavy atom. The number of nitrogens with two attached hydrogens (primary N) is 1. The number of nitrogen functional groups attached to an aromatic ring is 1. The monoisotopic (exact) mass is 448 g/mol. The average molecular weight is 449 g/mol. The first-order chi connectivity index (χ1) is 14.5. The van der Waals surface area contributed by atoms with Gasteiger partial charge in [0.2, 0.25) is 11.7 Å². The number of thioether (sulfide) groups is 1. The first kappa shape index (κ1) is 20.7. The molecule has 3 heterocycles. The lowest BCUT2D eigenvalue weighted by Crippen LogP contribution is -2.34. The van der Waals surface area contributed by atoms with Crippen molar-refractivity contribution in [2.24, 2.45) is 0 Å². The van der Waals surface area contributed by atoms with Crippen molar-refractivity contribution in [3.8, 4) is 22.8 Å². The highest BCUT2D eigenvalue weighted by Gasteiger charge is 2.24. The Hall–Kier alpha value is -2.56. The molecular formula is C19H21ClN6O3S. The fourth-order valence-electron chi connectivity index (χ4n) is 3.18. The number of hydrogen-bond acceptors (Lipinski definition) is 8. The maximum atomic E-state index is 12.3. The predicted octanol–water partition coefficient (Wildman–Crippen LogP) is 2.85. The molecule has 3 N–H and O–H groups in total. The average Bonchev–Trinajstić information content (AvgIpc) is 3.48. The van der Waals surface area contributed by atoms with Gasteiger partial charge in [0.05, 0.1) is 6.10 Å². The van der Waals surface area contributed by atoms with E-state index >= 15 is 0 Å². The number of carbonyl (C=O) groups is 1. The summed E-state index contributed by atoms with van der Waals surface area (Å²) < 4.78 is 12.4. The Morgan fingerprint density at radius 3 is 2.90 bits per heavy atom. The molecule has 1 aromatic carbocycles. The molecule has 1 saturated heterocycles. The summed E-state index contributed by atoms with van der Waals surface area (Å²) in [6.07, 6.45) is 3.92. The van der Waals surface area contributed by atoms with E-state index in [-0.39, 0.29) is 30.3 Å². The number of anilines is 1. The molecule has 0 aliphatic carbocycles. The predicted molar refractivity (Wildman–Crippen MR) is 114 cm³/mol. The third-order valence-corrected chi connectivity index (χ3v) is 5.66. The minimum Gasteiger partial charge on any atom is -0.383 e. The summed E-state index contributed by atoms with van der Waals surface area (Å²) in [5, 5.41) is 12.6. The van der Waals surface area contributed by atoms with Crippen LogP contribution in [0.2, 0.25) is 5.02 Å². The van der Waals surface area contributed by atoms with Crippen LogP contribution in [0.15, 0.2) is 33.8 Å². The molecule has 0 radical (unpaired) electrons. The van der Waals surface area contributed by atoms with Gasteiger partial charge >= 0.3 is 0 Å². The van der Waals surface area contributed by atoms with Crippen LogP contribution in [0.1, 0.15) is 12.8 Å². The molecule has 0 saturated carbocycles. The van der Waals surface area contributed by atoms with Gasteiger partial charge in [-0.1, -0.05) is 16.8 Å². The molecule has 1 atom stereocenters. The van der Waals surface area contributed by atoms with Crippen molar-refractivity contribution in [1.82, 2.24) is 25.2 Å². The summed E-state index contributed by atoms with van der Waals surface area (Å²) in [5.74, 6) is 0.757. The number of hydrogen-bond donors (Lipinski definition) is 2. The zero-order chi connectivity index (χ0) is 21.1. The first-order valence-corrected chi connectivity index (χ1v) is 11.0. The van der Waals surface area contributed by atoms with Crippen LogP contribution in [0, 0.1) is 0 Å². The summed E-state index contributed by atoms with van der Waals surface area (Å²) in [6, 6.07) is 7.11. The van der Waals surface area contributed by atoms with Crippen LogP contribution in [0.4, 0.5) is 5.82 Å². The lowest BCUT2D eigenvalue weighted by atomic mass is 10.2. The third-order valence-electron chi connectivity index (χ3n) is 4.74. The zero-order valence-corrected chi connectivity index (χ0v) is 17.9. The van der Waals surface area contributed by atoms with Crippen LogP contribution in [-0.4, -0.2) is 51.3 Å². The van der Waals surface area contributed by atoms with Gasteiger partial charge in [0.1, 0.15) is 23.0 Å². The second-order valence-corrected chi connectivity index (χ2v) is 8.03. The summed E-state index contributed by atoms with van der Waals surface area (Å²) in [6.45, 7) is 1.22. The summed E-state index contributed by atoms with van der Waals surface area (Å²) >= 11 is 7.31. The molecule has 0 spiro atoms. The van der Waals surface area contributed by atoms with Gasteiger partial charge in [0.25, 0.3) is 5.89 Å².